The minimum absolute atomic E-state index is 0.00555. The van der Waals surface area contributed by atoms with Gasteiger partial charge >= 0.3 is 6.09 Å². The van der Waals surface area contributed by atoms with Gasteiger partial charge in [-0.3, -0.25) is 9.69 Å². The minimum Gasteiger partial charge on any atom is -0.444 e. The van der Waals surface area contributed by atoms with Crippen LogP contribution < -0.4 is 5.32 Å². The lowest BCUT2D eigenvalue weighted by molar-refractivity contribution is -0.140. The number of rotatable bonds is 0. The maximum Gasteiger partial charge on any atom is 0.411 e. The van der Waals surface area contributed by atoms with Crippen LogP contribution >= 0.6 is 0 Å². The molecule has 1 aliphatic heterocycles. The zero-order chi connectivity index (χ0) is 21.7. The predicted molar refractivity (Wildman–Crippen MR) is 107 cm³/mol. The lowest BCUT2D eigenvalue weighted by atomic mass is 9.84. The van der Waals surface area contributed by atoms with E-state index >= 15 is 0 Å². The van der Waals surface area contributed by atoms with Crippen LogP contribution in [0.15, 0.2) is 24.3 Å². The van der Waals surface area contributed by atoms with Gasteiger partial charge in [-0.2, -0.15) is 0 Å². The number of hydrogen-bond acceptors (Lipinski definition) is 3. The Labute approximate surface area is 171 Å². The summed E-state index contributed by atoms with van der Waals surface area (Å²) in [5.41, 5.74) is -1.24. The molecule has 162 valence electrons. The lowest BCUT2D eigenvalue weighted by Crippen LogP contribution is -2.69. The highest BCUT2D eigenvalue weighted by molar-refractivity contribution is 5.91. The Balaban J connectivity index is 0.000000313. The van der Waals surface area contributed by atoms with Gasteiger partial charge in [0.2, 0.25) is 5.91 Å². The maximum atomic E-state index is 12.7. The molecule has 1 atom stereocenters. The summed E-state index contributed by atoms with van der Waals surface area (Å²) in [6, 6.07) is 4.52. The van der Waals surface area contributed by atoms with Gasteiger partial charge in [0.1, 0.15) is 22.8 Å². The van der Waals surface area contributed by atoms with Gasteiger partial charge in [-0.1, -0.05) is 31.7 Å². The lowest BCUT2D eigenvalue weighted by Gasteiger charge is -2.47. The summed E-state index contributed by atoms with van der Waals surface area (Å²) in [6.45, 7) is 8.04. The van der Waals surface area contributed by atoms with Gasteiger partial charge in [0.05, 0.1) is 0 Å². The number of piperazine rings is 1. The maximum absolute atomic E-state index is 12.7. The first-order valence-corrected chi connectivity index (χ1v) is 10.3. The Morgan fingerprint density at radius 1 is 1.14 bits per heavy atom. The third-order valence-corrected chi connectivity index (χ3v) is 5.10. The van der Waals surface area contributed by atoms with Crippen molar-refractivity contribution in [2.24, 2.45) is 0 Å². The first kappa shape index (κ1) is 23.1. The van der Waals surface area contributed by atoms with E-state index in [2.05, 4.69) is 5.32 Å². The van der Waals surface area contributed by atoms with Crippen LogP contribution in [-0.4, -0.2) is 40.6 Å². The van der Waals surface area contributed by atoms with Gasteiger partial charge in [-0.15, -0.1) is 0 Å². The Morgan fingerprint density at radius 2 is 1.69 bits per heavy atom. The highest BCUT2D eigenvalue weighted by atomic mass is 19.1. The summed E-state index contributed by atoms with van der Waals surface area (Å²) in [6.07, 6.45) is 5.36. The second-order valence-corrected chi connectivity index (χ2v) is 8.85. The standard InChI is InChI=1S/C16H28N2O3.C6H4F2/c1-12-11-18(14(20)21-15(2,3)4)16(13(19)17-12)9-7-5-6-8-10-16;7-5-2-1-3-6(8)4-5/h12H,5-11H2,1-4H3,(H,17,19);1-4H. The zero-order valence-electron chi connectivity index (χ0n) is 17.8. The third-order valence-electron chi connectivity index (χ3n) is 5.10. The summed E-state index contributed by atoms with van der Waals surface area (Å²) in [7, 11) is 0. The fourth-order valence-corrected chi connectivity index (χ4v) is 3.81. The van der Waals surface area contributed by atoms with Crippen molar-refractivity contribution in [3.63, 3.8) is 0 Å². The van der Waals surface area contributed by atoms with Gasteiger partial charge in [0, 0.05) is 18.7 Å². The average Bonchev–Trinajstić information content (AvgIpc) is 2.84. The van der Waals surface area contributed by atoms with E-state index in [1.54, 1.807) is 4.90 Å². The van der Waals surface area contributed by atoms with Crippen molar-refractivity contribution in [3.05, 3.63) is 35.9 Å². The SMILES string of the molecule is CC1CN(C(=O)OC(C)(C)C)C2(CCCCCC2)C(=O)N1.Fc1cccc(F)c1. The van der Waals surface area contributed by atoms with Crippen LogP contribution in [0.1, 0.15) is 66.2 Å². The van der Waals surface area contributed by atoms with E-state index in [4.69, 9.17) is 4.74 Å². The van der Waals surface area contributed by atoms with Gasteiger partial charge in [0.15, 0.2) is 0 Å². The molecule has 0 radical (unpaired) electrons. The highest BCUT2D eigenvalue weighted by Crippen LogP contribution is 2.36. The highest BCUT2D eigenvalue weighted by Gasteiger charge is 2.50. The Morgan fingerprint density at radius 3 is 2.14 bits per heavy atom. The molecular weight excluding hydrogens is 378 g/mol. The largest absolute Gasteiger partial charge is 0.444 e. The fourth-order valence-electron chi connectivity index (χ4n) is 3.81. The number of carbonyl (C=O) groups excluding carboxylic acids is 2. The molecule has 0 bridgehead atoms. The van der Waals surface area contributed by atoms with Crippen molar-refractivity contribution in [3.8, 4) is 0 Å². The molecule has 7 heteroatoms. The second-order valence-electron chi connectivity index (χ2n) is 8.85. The summed E-state index contributed by atoms with van der Waals surface area (Å²) < 4.78 is 29.4. The molecule has 2 amide bonds. The van der Waals surface area contributed by atoms with Gasteiger partial charge in [0.25, 0.3) is 0 Å². The van der Waals surface area contributed by atoms with E-state index in [0.29, 0.717) is 6.54 Å². The molecule has 1 aliphatic carbocycles. The van der Waals surface area contributed by atoms with Gasteiger partial charge in [-0.25, -0.2) is 13.6 Å². The first-order chi connectivity index (χ1) is 13.5. The molecule has 29 heavy (non-hydrogen) atoms. The molecule has 1 saturated carbocycles. The summed E-state index contributed by atoms with van der Waals surface area (Å²) in [5, 5.41) is 3.03. The molecule has 1 aromatic carbocycles. The molecule has 2 aliphatic rings. The van der Waals surface area contributed by atoms with Crippen LogP contribution in [0, 0.1) is 11.6 Å². The van der Waals surface area contributed by atoms with Crippen LogP contribution in [0.5, 0.6) is 0 Å². The number of halogens is 2. The normalized spacial score (nSPS) is 21.5. The average molecular weight is 411 g/mol. The van der Waals surface area contributed by atoms with Crippen molar-refractivity contribution >= 4 is 12.0 Å². The van der Waals surface area contributed by atoms with E-state index in [1.165, 1.54) is 18.2 Å². The molecule has 1 aromatic rings. The molecule has 2 fully saturated rings. The van der Waals surface area contributed by atoms with E-state index in [1.807, 2.05) is 27.7 Å². The topological polar surface area (TPSA) is 58.6 Å². The van der Waals surface area contributed by atoms with E-state index < -0.39 is 22.8 Å². The molecule has 1 N–H and O–H groups in total. The summed E-state index contributed by atoms with van der Waals surface area (Å²) in [5.74, 6) is -1.08. The van der Waals surface area contributed by atoms with E-state index in [-0.39, 0.29) is 18.0 Å². The fraction of sp³-hybridized carbons (Fsp3) is 0.636. The van der Waals surface area contributed by atoms with Crippen molar-refractivity contribution in [1.29, 1.82) is 0 Å². The molecule has 0 aromatic heterocycles. The summed E-state index contributed by atoms with van der Waals surface area (Å²) in [4.78, 5) is 27.0. The number of hydrogen-bond donors (Lipinski definition) is 1. The van der Waals surface area contributed by atoms with Crippen LogP contribution in [0.2, 0.25) is 0 Å². The van der Waals surface area contributed by atoms with E-state index in [9.17, 15) is 18.4 Å². The number of benzene rings is 1. The number of nitrogens with zero attached hydrogens (tertiary/aromatic N) is 1. The van der Waals surface area contributed by atoms with Crippen molar-refractivity contribution < 1.29 is 23.1 Å². The van der Waals surface area contributed by atoms with Crippen LogP contribution in [0.25, 0.3) is 0 Å². The van der Waals surface area contributed by atoms with Crippen molar-refractivity contribution in [1.82, 2.24) is 10.2 Å². The van der Waals surface area contributed by atoms with Gasteiger partial charge < -0.3 is 10.1 Å². The Hall–Kier alpha value is -2.18. The Kier molecular flexibility index (Phi) is 7.60. The van der Waals surface area contributed by atoms with Gasteiger partial charge in [-0.05, 0) is 52.7 Å². The minimum atomic E-state index is -0.703. The second kappa shape index (κ2) is 9.55. The molecular formula is C22H32F2N2O3. The molecule has 5 nitrogen and oxygen atoms in total. The number of nitrogens with one attached hydrogen (secondary N) is 1. The Bertz CT molecular complexity index is 693. The van der Waals surface area contributed by atoms with Crippen molar-refractivity contribution in [2.45, 2.75) is 83.4 Å². The quantitative estimate of drug-likeness (QED) is 0.668. The smallest absolute Gasteiger partial charge is 0.411 e. The van der Waals surface area contributed by atoms with Crippen molar-refractivity contribution in [2.75, 3.05) is 6.54 Å². The van der Waals surface area contributed by atoms with Crippen LogP contribution in [0.3, 0.4) is 0 Å². The zero-order valence-corrected chi connectivity index (χ0v) is 17.8. The predicted octanol–water partition coefficient (Wildman–Crippen LogP) is 4.80. The monoisotopic (exact) mass is 410 g/mol. The van der Waals surface area contributed by atoms with Crippen LogP contribution in [0.4, 0.5) is 13.6 Å². The number of carbonyl (C=O) groups is 2. The van der Waals surface area contributed by atoms with Crippen LogP contribution in [-0.2, 0) is 9.53 Å². The van der Waals surface area contributed by atoms with E-state index in [0.717, 1.165) is 44.6 Å². The number of amides is 2. The first-order valence-electron chi connectivity index (χ1n) is 10.3. The molecule has 1 unspecified atom stereocenters. The third kappa shape index (κ3) is 6.41. The molecule has 1 saturated heterocycles. The number of ether oxygens (including phenoxy) is 1. The molecule has 1 heterocycles. The molecule has 3 rings (SSSR count). The molecule has 1 spiro atoms. The summed E-state index contributed by atoms with van der Waals surface area (Å²) >= 11 is 0.